The molecule has 3 rings (SSSR count). The van der Waals surface area contributed by atoms with Crippen molar-refractivity contribution < 1.29 is 19.7 Å². The first-order valence-corrected chi connectivity index (χ1v) is 7.80. The van der Waals surface area contributed by atoms with Crippen molar-refractivity contribution in [3.63, 3.8) is 0 Å². The SMILES string of the molecule is Cc1cc(N(C)C(=O)C[n+]2ccccc2)c(O)c2c1CCC2=NO. The molecule has 24 heavy (non-hydrogen) atoms. The number of phenolic OH excluding ortho intramolecular Hbond substituents is 1. The summed E-state index contributed by atoms with van der Waals surface area (Å²) in [4.78, 5) is 14.0. The number of carbonyl (C=O) groups excluding carboxylic acids is 1. The zero-order valence-electron chi connectivity index (χ0n) is 13.7. The highest BCUT2D eigenvalue weighted by atomic mass is 16.4. The fourth-order valence-corrected chi connectivity index (χ4v) is 3.12. The van der Waals surface area contributed by atoms with E-state index in [1.54, 1.807) is 11.6 Å². The molecule has 1 aromatic heterocycles. The van der Waals surface area contributed by atoms with Crippen LogP contribution in [0, 0.1) is 6.92 Å². The number of aryl methyl sites for hydroxylation is 1. The minimum atomic E-state index is -0.152. The van der Waals surface area contributed by atoms with E-state index < -0.39 is 0 Å². The number of likely N-dealkylation sites (N-methyl/N-ethyl adjacent to an activating group) is 1. The van der Waals surface area contributed by atoms with Crippen LogP contribution >= 0.6 is 0 Å². The van der Waals surface area contributed by atoms with Crippen LogP contribution < -0.4 is 9.47 Å². The third-order valence-corrected chi connectivity index (χ3v) is 4.46. The van der Waals surface area contributed by atoms with Gasteiger partial charge in [0.1, 0.15) is 5.75 Å². The molecule has 0 radical (unpaired) electrons. The van der Waals surface area contributed by atoms with E-state index in [0.29, 0.717) is 23.4 Å². The molecule has 0 saturated heterocycles. The summed E-state index contributed by atoms with van der Waals surface area (Å²) in [6.07, 6.45) is 4.94. The molecule has 1 aliphatic rings. The van der Waals surface area contributed by atoms with E-state index in [9.17, 15) is 9.90 Å². The molecule has 0 bridgehead atoms. The van der Waals surface area contributed by atoms with Gasteiger partial charge < -0.3 is 15.2 Å². The smallest absolute Gasteiger partial charge is 0.292 e. The maximum absolute atomic E-state index is 12.5. The average molecular weight is 326 g/mol. The van der Waals surface area contributed by atoms with Crippen LogP contribution in [-0.2, 0) is 17.8 Å². The molecule has 6 nitrogen and oxygen atoms in total. The number of aromatic nitrogens is 1. The molecule has 0 fully saturated rings. The Balaban J connectivity index is 1.95. The van der Waals surface area contributed by atoms with Crippen LogP contribution in [0.15, 0.2) is 41.8 Å². The summed E-state index contributed by atoms with van der Waals surface area (Å²) in [7, 11) is 1.64. The van der Waals surface area contributed by atoms with Crippen LogP contribution in [0.3, 0.4) is 0 Å². The number of anilines is 1. The summed E-state index contributed by atoms with van der Waals surface area (Å²) in [6.45, 7) is 2.11. The number of nitrogens with zero attached hydrogens (tertiary/aromatic N) is 3. The van der Waals surface area contributed by atoms with Gasteiger partial charge in [-0.25, -0.2) is 0 Å². The second-order valence-electron chi connectivity index (χ2n) is 5.96. The third kappa shape index (κ3) is 2.71. The van der Waals surface area contributed by atoms with Crippen molar-refractivity contribution in [3.8, 4) is 5.75 Å². The number of oxime groups is 1. The molecule has 0 unspecified atom stereocenters. The van der Waals surface area contributed by atoms with Crippen molar-refractivity contribution in [3.05, 3.63) is 53.3 Å². The highest BCUT2D eigenvalue weighted by Crippen LogP contribution is 2.40. The van der Waals surface area contributed by atoms with E-state index in [1.165, 1.54) is 4.90 Å². The molecule has 1 aromatic carbocycles. The number of amides is 1. The number of hydrogen-bond acceptors (Lipinski definition) is 4. The molecule has 1 aliphatic carbocycles. The predicted octanol–water partition coefficient (Wildman–Crippen LogP) is 1.78. The molecule has 2 aromatic rings. The Labute approximate surface area is 140 Å². The van der Waals surface area contributed by atoms with E-state index in [0.717, 1.165) is 17.5 Å². The number of aromatic hydroxyl groups is 1. The summed E-state index contributed by atoms with van der Waals surface area (Å²) >= 11 is 0. The molecular weight excluding hydrogens is 306 g/mol. The van der Waals surface area contributed by atoms with Gasteiger partial charge in [-0.15, -0.1) is 0 Å². The monoisotopic (exact) mass is 326 g/mol. The fraction of sp³-hybridized carbons (Fsp3) is 0.278. The van der Waals surface area contributed by atoms with Crippen molar-refractivity contribution >= 4 is 17.3 Å². The Morgan fingerprint density at radius 3 is 2.67 bits per heavy atom. The molecular formula is C18H20N3O3+. The van der Waals surface area contributed by atoms with Gasteiger partial charge >= 0.3 is 0 Å². The Hall–Kier alpha value is -2.89. The summed E-state index contributed by atoms with van der Waals surface area (Å²) < 4.78 is 1.77. The van der Waals surface area contributed by atoms with E-state index in [1.807, 2.05) is 43.6 Å². The van der Waals surface area contributed by atoms with Gasteiger partial charge in [-0.2, -0.15) is 4.57 Å². The second-order valence-corrected chi connectivity index (χ2v) is 5.96. The number of phenols is 1. The van der Waals surface area contributed by atoms with Gasteiger partial charge in [-0.3, -0.25) is 4.79 Å². The second kappa shape index (κ2) is 6.31. The molecule has 2 N–H and O–H groups in total. The number of hydrogen-bond donors (Lipinski definition) is 2. The summed E-state index contributed by atoms with van der Waals surface area (Å²) in [5, 5.41) is 23.1. The van der Waals surface area contributed by atoms with Gasteiger partial charge in [-0.1, -0.05) is 11.2 Å². The molecule has 0 spiro atoms. The first-order valence-electron chi connectivity index (χ1n) is 7.80. The summed E-state index contributed by atoms with van der Waals surface area (Å²) in [5.41, 5.74) is 3.40. The van der Waals surface area contributed by atoms with Crippen LogP contribution in [-0.4, -0.2) is 29.0 Å². The zero-order valence-corrected chi connectivity index (χ0v) is 13.7. The maximum Gasteiger partial charge on any atom is 0.292 e. The van der Waals surface area contributed by atoms with Crippen molar-refractivity contribution in [2.75, 3.05) is 11.9 Å². The molecule has 0 atom stereocenters. The van der Waals surface area contributed by atoms with E-state index >= 15 is 0 Å². The van der Waals surface area contributed by atoms with Crippen molar-refractivity contribution in [1.29, 1.82) is 0 Å². The molecule has 0 saturated carbocycles. The minimum Gasteiger partial charge on any atom is -0.505 e. The largest absolute Gasteiger partial charge is 0.505 e. The predicted molar refractivity (Wildman–Crippen MR) is 89.5 cm³/mol. The Morgan fingerprint density at radius 1 is 1.29 bits per heavy atom. The molecule has 124 valence electrons. The number of benzene rings is 1. The molecule has 1 heterocycles. The van der Waals surface area contributed by atoms with Crippen LogP contribution in [0.2, 0.25) is 0 Å². The van der Waals surface area contributed by atoms with Gasteiger partial charge in [0, 0.05) is 24.7 Å². The average Bonchev–Trinajstić information content (AvgIpc) is 3.03. The van der Waals surface area contributed by atoms with Crippen molar-refractivity contribution in [1.82, 2.24) is 0 Å². The number of fused-ring (bicyclic) bond motifs is 1. The lowest BCUT2D eigenvalue weighted by atomic mass is 10.0. The van der Waals surface area contributed by atoms with Crippen LogP contribution in [0.4, 0.5) is 5.69 Å². The first kappa shape index (κ1) is 16.0. The van der Waals surface area contributed by atoms with E-state index in [2.05, 4.69) is 5.16 Å². The molecule has 0 aliphatic heterocycles. The van der Waals surface area contributed by atoms with Gasteiger partial charge in [0.2, 0.25) is 6.54 Å². The van der Waals surface area contributed by atoms with E-state index in [4.69, 9.17) is 5.21 Å². The van der Waals surface area contributed by atoms with Gasteiger partial charge in [0.15, 0.2) is 12.4 Å². The lowest BCUT2D eigenvalue weighted by molar-refractivity contribution is -0.684. The Kier molecular flexibility index (Phi) is 4.20. The van der Waals surface area contributed by atoms with Crippen LogP contribution in [0.25, 0.3) is 0 Å². The molecule has 6 heteroatoms. The lowest BCUT2D eigenvalue weighted by Gasteiger charge is -2.20. The standard InChI is InChI=1S/C18H19N3O3/c1-12-10-15(18(23)17-13(12)6-7-14(17)19-24)20(2)16(22)11-21-8-4-3-5-9-21/h3-5,8-10H,6-7,11H2,1-2H3,(H-,19,23,24)/p+1. The van der Waals surface area contributed by atoms with Crippen molar-refractivity contribution in [2.45, 2.75) is 26.3 Å². The lowest BCUT2D eigenvalue weighted by Crippen LogP contribution is -2.43. The summed E-state index contributed by atoms with van der Waals surface area (Å²) in [5.74, 6) is -0.156. The van der Waals surface area contributed by atoms with Gasteiger partial charge in [0.05, 0.1) is 11.4 Å². The van der Waals surface area contributed by atoms with E-state index in [-0.39, 0.29) is 18.2 Å². The highest BCUT2D eigenvalue weighted by molar-refractivity contribution is 6.09. The highest BCUT2D eigenvalue weighted by Gasteiger charge is 2.29. The maximum atomic E-state index is 12.5. The quantitative estimate of drug-likeness (QED) is 0.513. The van der Waals surface area contributed by atoms with Crippen LogP contribution in [0.5, 0.6) is 5.75 Å². The first-order chi connectivity index (χ1) is 11.5. The zero-order chi connectivity index (χ0) is 17.3. The van der Waals surface area contributed by atoms with Crippen LogP contribution in [0.1, 0.15) is 23.1 Å². The normalized spacial score (nSPS) is 14.7. The minimum absolute atomic E-state index is 0.00480. The molecule has 1 amide bonds. The number of pyridine rings is 1. The van der Waals surface area contributed by atoms with Crippen molar-refractivity contribution in [2.24, 2.45) is 5.16 Å². The van der Waals surface area contributed by atoms with Gasteiger partial charge in [-0.05, 0) is 37.0 Å². The topological polar surface area (TPSA) is 77.0 Å². The number of carbonyl (C=O) groups is 1. The third-order valence-electron chi connectivity index (χ3n) is 4.46. The Morgan fingerprint density at radius 2 is 2.00 bits per heavy atom. The Bertz CT molecular complexity index is 816. The summed E-state index contributed by atoms with van der Waals surface area (Å²) in [6, 6.07) is 7.40. The van der Waals surface area contributed by atoms with Gasteiger partial charge in [0.25, 0.3) is 5.91 Å². The number of rotatable bonds is 3. The fourth-order valence-electron chi connectivity index (χ4n) is 3.12.